The smallest absolute Gasteiger partial charge is 0.247 e. The number of hydrogen-bond acceptors (Lipinski definition) is 5. The summed E-state index contributed by atoms with van der Waals surface area (Å²) in [4.78, 5) is 25.1. The molecule has 3 aromatic rings. The van der Waals surface area contributed by atoms with Gasteiger partial charge in [-0.2, -0.15) is 0 Å². The number of nitrogens with one attached hydrogen (secondary N) is 2. The minimum atomic E-state index is -2.15. The molecule has 32 heavy (non-hydrogen) atoms. The van der Waals surface area contributed by atoms with Gasteiger partial charge in [0.15, 0.2) is 0 Å². The molecule has 0 spiro atoms. The molecule has 0 aromatic heterocycles. The molecule has 0 saturated heterocycles. The summed E-state index contributed by atoms with van der Waals surface area (Å²) in [5.74, 6) is -0.494. The summed E-state index contributed by atoms with van der Waals surface area (Å²) in [5.41, 5.74) is 1.41. The summed E-state index contributed by atoms with van der Waals surface area (Å²) in [6.45, 7) is 6.93. The largest absolute Gasteiger partial charge is 0.323 e. The Hall–Kier alpha value is -2.57. The highest BCUT2D eigenvalue weighted by Crippen LogP contribution is 2.72. The van der Waals surface area contributed by atoms with Crippen molar-refractivity contribution in [3.63, 3.8) is 0 Å². The number of rotatable bonds is 9. The Morgan fingerprint density at radius 1 is 0.719 bits per heavy atom. The van der Waals surface area contributed by atoms with E-state index in [9.17, 15) is 9.59 Å². The van der Waals surface area contributed by atoms with Crippen LogP contribution in [-0.2, 0) is 21.4 Å². The van der Waals surface area contributed by atoms with Crippen LogP contribution in [0.15, 0.2) is 114 Å². The van der Waals surface area contributed by atoms with Crippen LogP contribution < -0.4 is 15.9 Å². The lowest BCUT2D eigenvalue weighted by atomic mass is 10.3. The third-order valence-corrected chi connectivity index (χ3v) is 13.8. The Labute approximate surface area is 201 Å². The quantitative estimate of drug-likeness (QED) is 0.263. The summed E-state index contributed by atoms with van der Waals surface area (Å²) in [6, 6.07) is 25.4. The number of carbonyl (C=O) groups is 2. The molecule has 0 bridgehead atoms. The van der Waals surface area contributed by atoms with Gasteiger partial charge in [0.25, 0.3) is 0 Å². The summed E-state index contributed by atoms with van der Waals surface area (Å²) in [7, 11) is 0. The van der Waals surface area contributed by atoms with Crippen molar-refractivity contribution in [2.24, 2.45) is 0 Å². The molecule has 4 nitrogen and oxygen atoms in total. The van der Waals surface area contributed by atoms with Crippen LogP contribution in [0.4, 0.5) is 11.4 Å². The lowest BCUT2D eigenvalue weighted by molar-refractivity contribution is -0.112. The van der Waals surface area contributed by atoms with Crippen molar-refractivity contribution in [2.75, 3.05) is 10.6 Å². The summed E-state index contributed by atoms with van der Waals surface area (Å²) in [6.07, 6.45) is 2.48. The first-order chi connectivity index (χ1) is 15.4. The predicted molar refractivity (Wildman–Crippen MR) is 143 cm³/mol. The molecule has 0 aliphatic rings. The first-order valence-electron chi connectivity index (χ1n) is 9.54. The van der Waals surface area contributed by atoms with Crippen molar-refractivity contribution in [3.8, 4) is 0 Å². The Morgan fingerprint density at radius 3 is 1.50 bits per heavy atom. The van der Waals surface area contributed by atoms with Crippen molar-refractivity contribution >= 4 is 67.5 Å². The van der Waals surface area contributed by atoms with E-state index < -0.39 is 4.44 Å². The Bertz CT molecular complexity index is 1090. The number of amides is 2. The normalized spacial score (nSPS) is 10.8. The van der Waals surface area contributed by atoms with Gasteiger partial charge in [-0.1, -0.05) is 78.1 Å². The molecule has 0 heterocycles. The van der Waals surface area contributed by atoms with Gasteiger partial charge in [0.1, 0.15) is 0 Å². The van der Waals surface area contributed by atoms with Gasteiger partial charge in [0.2, 0.25) is 11.8 Å². The molecule has 0 saturated carbocycles. The molecule has 0 aliphatic heterocycles. The molecule has 8 heteroatoms. The molecule has 2 N–H and O–H groups in total. The summed E-state index contributed by atoms with van der Waals surface area (Å²) in [5, 5.41) is 6.61. The second-order valence-electron chi connectivity index (χ2n) is 6.45. The lowest BCUT2D eigenvalue weighted by Crippen LogP contribution is -2.06. The summed E-state index contributed by atoms with van der Waals surface area (Å²) >= 11 is 9.57. The maximum Gasteiger partial charge on any atom is 0.247 e. The van der Waals surface area contributed by atoms with Crippen LogP contribution in [0.3, 0.4) is 0 Å². The van der Waals surface area contributed by atoms with Crippen molar-refractivity contribution in [1.29, 1.82) is 0 Å². The summed E-state index contributed by atoms with van der Waals surface area (Å²) < 4.78 is -2.15. The zero-order valence-electron chi connectivity index (χ0n) is 17.1. The molecule has 3 aromatic carbocycles. The highest BCUT2D eigenvalue weighted by Gasteiger charge is 2.23. The van der Waals surface area contributed by atoms with Gasteiger partial charge >= 0.3 is 0 Å². The lowest BCUT2D eigenvalue weighted by Gasteiger charge is -2.22. The number of anilines is 2. The predicted octanol–water partition coefficient (Wildman–Crippen LogP) is 6.46. The van der Waals surface area contributed by atoms with Gasteiger partial charge in [-0.15, -0.1) is 0 Å². The minimum absolute atomic E-state index is 0.247. The SMILES string of the molecule is C=CC(=O)Nc1ccc(SP(=S)(Sc2ccc(NC(=O)C=C)cc2)c2ccccc2)cc1. The van der Waals surface area contributed by atoms with Crippen molar-refractivity contribution < 1.29 is 9.59 Å². The average Bonchev–Trinajstić information content (AvgIpc) is 2.82. The minimum Gasteiger partial charge on any atom is -0.323 e. The van der Waals surface area contributed by atoms with Gasteiger partial charge in [-0.3, -0.25) is 9.59 Å². The van der Waals surface area contributed by atoms with Gasteiger partial charge in [-0.25, -0.2) is 0 Å². The maximum absolute atomic E-state index is 11.5. The third kappa shape index (κ3) is 6.71. The molecular formula is C24H21N2O2PS3. The molecule has 0 aliphatic carbocycles. The molecular weight excluding hydrogens is 475 g/mol. The van der Waals surface area contributed by atoms with E-state index in [0.717, 1.165) is 15.1 Å². The number of benzene rings is 3. The number of hydrogen-bond donors (Lipinski definition) is 2. The zero-order chi connectivity index (χ0) is 23.0. The molecule has 0 unspecified atom stereocenters. The monoisotopic (exact) mass is 496 g/mol. The van der Waals surface area contributed by atoms with E-state index in [1.165, 1.54) is 12.2 Å². The Balaban J connectivity index is 1.83. The molecule has 162 valence electrons. The highest BCUT2D eigenvalue weighted by atomic mass is 33.2. The maximum atomic E-state index is 11.5. The van der Waals surface area contributed by atoms with Crippen LogP contribution in [0.25, 0.3) is 0 Å². The Morgan fingerprint density at radius 2 is 1.12 bits per heavy atom. The third-order valence-electron chi connectivity index (χ3n) is 4.14. The van der Waals surface area contributed by atoms with Crippen molar-refractivity contribution in [2.45, 2.75) is 9.79 Å². The van der Waals surface area contributed by atoms with Crippen LogP contribution in [-0.4, -0.2) is 11.8 Å². The highest BCUT2D eigenvalue weighted by molar-refractivity contribution is 9.02. The fourth-order valence-electron chi connectivity index (χ4n) is 2.60. The second-order valence-corrected chi connectivity index (χ2v) is 17.4. The van der Waals surface area contributed by atoms with Crippen molar-refractivity contribution in [3.05, 3.63) is 104 Å². The zero-order valence-corrected chi connectivity index (χ0v) is 20.4. The standard InChI is InChI=1S/C24H21N2O2PS3/c1-3-23(27)25-18-10-14-21(15-11-18)31-29(30,20-8-6-5-7-9-20)32-22-16-12-19(13-17-22)26-24(28)4-2/h3-17H,1-2H2,(H,25,27)(H,26,28). The molecule has 0 radical (unpaired) electrons. The van der Waals surface area contributed by atoms with E-state index in [-0.39, 0.29) is 11.8 Å². The van der Waals surface area contributed by atoms with Gasteiger partial charge < -0.3 is 10.6 Å². The van der Waals surface area contributed by atoms with Crippen molar-refractivity contribution in [1.82, 2.24) is 0 Å². The van der Waals surface area contributed by atoms with E-state index in [2.05, 4.69) is 35.9 Å². The van der Waals surface area contributed by atoms with E-state index in [0.29, 0.717) is 11.4 Å². The fourth-order valence-corrected chi connectivity index (χ4v) is 12.1. The van der Waals surface area contributed by atoms with Crippen LogP contribution >= 0.6 is 27.2 Å². The van der Waals surface area contributed by atoms with E-state index >= 15 is 0 Å². The first kappa shape index (κ1) is 24.1. The number of carbonyl (C=O) groups excluding carboxylic acids is 2. The molecule has 2 amide bonds. The van der Waals surface area contributed by atoms with Gasteiger partial charge in [0.05, 0.1) is 4.44 Å². The van der Waals surface area contributed by atoms with E-state index in [1.807, 2.05) is 66.7 Å². The van der Waals surface area contributed by atoms with E-state index in [4.69, 9.17) is 11.8 Å². The van der Waals surface area contributed by atoms with Gasteiger partial charge in [-0.05, 0) is 60.7 Å². The topological polar surface area (TPSA) is 58.2 Å². The van der Waals surface area contributed by atoms with E-state index in [1.54, 1.807) is 22.8 Å². The van der Waals surface area contributed by atoms with Gasteiger partial charge in [0, 0.05) is 26.5 Å². The van der Waals surface area contributed by atoms with Crippen LogP contribution in [0, 0.1) is 0 Å². The van der Waals surface area contributed by atoms with Crippen LogP contribution in [0.5, 0.6) is 0 Å². The Kier molecular flexibility index (Phi) is 8.53. The average molecular weight is 497 g/mol. The molecule has 3 rings (SSSR count). The second kappa shape index (κ2) is 11.3. The fraction of sp³-hybridized carbons (Fsp3) is 0. The molecule has 0 atom stereocenters. The van der Waals surface area contributed by atoms with Crippen LogP contribution in [0.2, 0.25) is 0 Å². The molecule has 0 fully saturated rings. The first-order valence-corrected chi connectivity index (χ1v) is 15.2. The van der Waals surface area contributed by atoms with Crippen LogP contribution in [0.1, 0.15) is 0 Å².